The van der Waals surface area contributed by atoms with E-state index in [2.05, 4.69) is 55.9 Å². The lowest BCUT2D eigenvalue weighted by Crippen LogP contribution is -2.18. The Morgan fingerprint density at radius 3 is 2.89 bits per heavy atom. The maximum atomic E-state index is 4.30. The molecule has 0 aliphatic carbocycles. The predicted molar refractivity (Wildman–Crippen MR) is 77.5 cm³/mol. The summed E-state index contributed by atoms with van der Waals surface area (Å²) >= 11 is 3.59. The number of benzene rings is 1. The Bertz CT molecular complexity index is 520. The molecule has 0 fully saturated rings. The van der Waals surface area contributed by atoms with Gasteiger partial charge in [0.2, 0.25) is 0 Å². The minimum absolute atomic E-state index is 0.880. The molecule has 0 amide bonds. The lowest BCUT2D eigenvalue weighted by molar-refractivity contribution is 0.654. The zero-order valence-electron chi connectivity index (χ0n) is 10.8. The molecule has 0 saturated heterocycles. The van der Waals surface area contributed by atoms with Gasteiger partial charge in [-0.2, -0.15) is 0 Å². The molecule has 3 nitrogen and oxygen atoms in total. The van der Waals surface area contributed by atoms with Crippen LogP contribution in [0, 0.1) is 6.92 Å². The molecule has 2 aromatic rings. The highest BCUT2D eigenvalue weighted by Gasteiger charge is 2.01. The Morgan fingerprint density at radius 2 is 2.22 bits per heavy atom. The molecule has 0 atom stereocenters. The molecule has 1 aromatic carbocycles. The molecule has 0 aliphatic rings. The van der Waals surface area contributed by atoms with E-state index in [-0.39, 0.29) is 0 Å². The number of aromatic nitrogens is 2. The largest absolute Gasteiger partial charge is 0.338 e. The van der Waals surface area contributed by atoms with Gasteiger partial charge in [-0.1, -0.05) is 28.1 Å². The van der Waals surface area contributed by atoms with Crippen LogP contribution in [0.2, 0.25) is 0 Å². The maximum Gasteiger partial charge on any atom is 0.109 e. The highest BCUT2D eigenvalue weighted by molar-refractivity contribution is 9.10. The Morgan fingerprint density at radius 1 is 1.39 bits per heavy atom. The molecule has 0 spiro atoms. The summed E-state index contributed by atoms with van der Waals surface area (Å²) in [5.74, 6) is 1.12. The number of hydrogen-bond acceptors (Lipinski definition) is 2. The van der Waals surface area contributed by atoms with Gasteiger partial charge < -0.3 is 9.88 Å². The first-order valence-electron chi connectivity index (χ1n) is 6.09. The third-order valence-electron chi connectivity index (χ3n) is 2.97. The number of halogens is 1. The number of nitrogens with zero attached hydrogens (tertiary/aromatic N) is 2. The molecule has 4 heteroatoms. The molecule has 18 heavy (non-hydrogen) atoms. The van der Waals surface area contributed by atoms with E-state index in [1.807, 2.05) is 19.4 Å². The lowest BCUT2D eigenvalue weighted by atomic mass is 10.1. The van der Waals surface area contributed by atoms with Crippen molar-refractivity contribution in [3.05, 3.63) is 52.0 Å². The normalized spacial score (nSPS) is 10.8. The van der Waals surface area contributed by atoms with Crippen LogP contribution < -0.4 is 5.32 Å². The van der Waals surface area contributed by atoms with Gasteiger partial charge in [-0.25, -0.2) is 4.98 Å². The van der Waals surface area contributed by atoms with Crippen LogP contribution >= 0.6 is 15.9 Å². The average Bonchev–Trinajstić information content (AvgIpc) is 2.73. The van der Waals surface area contributed by atoms with Crippen molar-refractivity contribution in [3.8, 4) is 0 Å². The molecule has 0 saturated carbocycles. The molecule has 0 bridgehead atoms. The van der Waals surface area contributed by atoms with Crippen molar-refractivity contribution in [1.29, 1.82) is 0 Å². The second kappa shape index (κ2) is 6.16. The summed E-state index contributed by atoms with van der Waals surface area (Å²) in [5, 5.41) is 3.44. The second-order valence-electron chi connectivity index (χ2n) is 4.48. The van der Waals surface area contributed by atoms with Gasteiger partial charge in [0.15, 0.2) is 0 Å². The number of hydrogen-bond donors (Lipinski definition) is 1. The van der Waals surface area contributed by atoms with Crippen LogP contribution in [0.4, 0.5) is 0 Å². The Labute approximate surface area is 116 Å². The third-order valence-corrected chi connectivity index (χ3v) is 3.71. The van der Waals surface area contributed by atoms with Crippen LogP contribution in [0.15, 0.2) is 35.1 Å². The Balaban J connectivity index is 1.80. The van der Waals surface area contributed by atoms with Crippen molar-refractivity contribution >= 4 is 15.9 Å². The molecule has 2 rings (SSSR count). The fraction of sp³-hybridized carbons (Fsp3) is 0.357. The summed E-state index contributed by atoms with van der Waals surface area (Å²) in [6.45, 7) is 3.92. The highest BCUT2D eigenvalue weighted by Crippen LogP contribution is 2.17. The molecule has 96 valence electrons. The van der Waals surface area contributed by atoms with E-state index in [9.17, 15) is 0 Å². The molecule has 0 aliphatic heterocycles. The van der Waals surface area contributed by atoms with E-state index in [0.29, 0.717) is 0 Å². The molecule has 1 aromatic heterocycles. The summed E-state index contributed by atoms with van der Waals surface area (Å²) in [6.07, 6.45) is 4.77. The van der Waals surface area contributed by atoms with E-state index in [1.165, 1.54) is 15.6 Å². The molecule has 1 heterocycles. The minimum atomic E-state index is 0.880. The summed E-state index contributed by atoms with van der Waals surface area (Å²) in [7, 11) is 2.03. The van der Waals surface area contributed by atoms with Gasteiger partial charge in [-0.05, 0) is 24.1 Å². The van der Waals surface area contributed by atoms with Crippen LogP contribution in [-0.2, 0) is 20.0 Å². The van der Waals surface area contributed by atoms with Crippen molar-refractivity contribution in [3.63, 3.8) is 0 Å². The van der Waals surface area contributed by atoms with Crippen LogP contribution in [0.25, 0.3) is 0 Å². The second-order valence-corrected chi connectivity index (χ2v) is 5.33. The summed E-state index contributed by atoms with van der Waals surface area (Å²) in [5.41, 5.74) is 2.57. The minimum Gasteiger partial charge on any atom is -0.338 e. The molecular formula is C14H18BrN3. The Kier molecular flexibility index (Phi) is 4.55. The van der Waals surface area contributed by atoms with Gasteiger partial charge in [0, 0.05) is 43.4 Å². The Hall–Kier alpha value is -1.13. The number of aryl methyl sites for hydroxylation is 2. The number of nitrogens with one attached hydrogen (secondary N) is 1. The SMILES string of the molecule is Cc1ccc(CNCCc2nccn2C)c(Br)c1. The van der Waals surface area contributed by atoms with Crippen molar-refractivity contribution in [1.82, 2.24) is 14.9 Å². The van der Waals surface area contributed by atoms with E-state index in [1.54, 1.807) is 0 Å². The van der Waals surface area contributed by atoms with Gasteiger partial charge in [-0.15, -0.1) is 0 Å². The average molecular weight is 308 g/mol. The predicted octanol–water partition coefficient (Wildman–Crippen LogP) is 2.82. The monoisotopic (exact) mass is 307 g/mol. The maximum absolute atomic E-state index is 4.30. The quantitative estimate of drug-likeness (QED) is 0.861. The molecular weight excluding hydrogens is 290 g/mol. The van der Waals surface area contributed by atoms with Crippen molar-refractivity contribution < 1.29 is 0 Å². The van der Waals surface area contributed by atoms with Gasteiger partial charge in [0.25, 0.3) is 0 Å². The smallest absolute Gasteiger partial charge is 0.109 e. The van der Waals surface area contributed by atoms with Crippen LogP contribution in [0.3, 0.4) is 0 Å². The van der Waals surface area contributed by atoms with Crippen molar-refractivity contribution in [2.45, 2.75) is 19.9 Å². The standard InChI is InChI=1S/C14H18BrN3/c1-11-3-4-12(13(15)9-11)10-16-6-5-14-17-7-8-18(14)2/h3-4,7-9,16H,5-6,10H2,1-2H3. The zero-order chi connectivity index (χ0) is 13.0. The zero-order valence-corrected chi connectivity index (χ0v) is 12.4. The van der Waals surface area contributed by atoms with Gasteiger partial charge in [0.1, 0.15) is 5.82 Å². The fourth-order valence-corrected chi connectivity index (χ4v) is 2.49. The molecule has 1 N–H and O–H groups in total. The summed E-state index contributed by atoms with van der Waals surface area (Å²) < 4.78 is 3.23. The first-order chi connectivity index (χ1) is 8.66. The van der Waals surface area contributed by atoms with Crippen molar-refractivity contribution in [2.24, 2.45) is 7.05 Å². The van der Waals surface area contributed by atoms with Gasteiger partial charge >= 0.3 is 0 Å². The first kappa shape index (κ1) is 13.3. The lowest BCUT2D eigenvalue weighted by Gasteiger charge is -2.07. The van der Waals surface area contributed by atoms with Crippen molar-refractivity contribution in [2.75, 3.05) is 6.54 Å². The third kappa shape index (κ3) is 3.43. The number of imidazole rings is 1. The molecule has 0 unspecified atom stereocenters. The molecule has 0 radical (unpaired) electrons. The summed E-state index contributed by atoms with van der Waals surface area (Å²) in [6, 6.07) is 6.45. The van der Waals surface area contributed by atoms with Crippen LogP contribution in [0.1, 0.15) is 17.0 Å². The van der Waals surface area contributed by atoms with E-state index >= 15 is 0 Å². The van der Waals surface area contributed by atoms with Crippen LogP contribution in [0.5, 0.6) is 0 Å². The van der Waals surface area contributed by atoms with E-state index < -0.39 is 0 Å². The fourth-order valence-electron chi connectivity index (χ4n) is 1.86. The van der Waals surface area contributed by atoms with E-state index in [4.69, 9.17) is 0 Å². The highest BCUT2D eigenvalue weighted by atomic mass is 79.9. The number of rotatable bonds is 5. The first-order valence-corrected chi connectivity index (χ1v) is 6.88. The topological polar surface area (TPSA) is 29.9 Å². The van der Waals surface area contributed by atoms with Gasteiger partial charge in [-0.3, -0.25) is 0 Å². The van der Waals surface area contributed by atoms with E-state index in [0.717, 1.165) is 25.3 Å². The van der Waals surface area contributed by atoms with Gasteiger partial charge in [0.05, 0.1) is 0 Å². The van der Waals surface area contributed by atoms with Crippen LogP contribution in [-0.4, -0.2) is 16.1 Å². The summed E-state index contributed by atoms with van der Waals surface area (Å²) in [4.78, 5) is 4.30.